The van der Waals surface area contributed by atoms with Gasteiger partial charge < -0.3 is 0 Å². The minimum atomic E-state index is 0.453. The Morgan fingerprint density at radius 1 is 1.67 bits per heavy atom. The van der Waals surface area contributed by atoms with E-state index in [1.165, 1.54) is 0 Å². The highest BCUT2D eigenvalue weighted by atomic mass is 79.9. The molecule has 0 atom stereocenters. The van der Waals surface area contributed by atoms with Gasteiger partial charge in [-0.25, -0.2) is 4.98 Å². The van der Waals surface area contributed by atoms with Crippen LogP contribution in [-0.4, -0.2) is 12.1 Å². The normalized spacial score (nSPS) is 10.0. The van der Waals surface area contributed by atoms with Crippen molar-refractivity contribution >= 4 is 33.2 Å². The summed E-state index contributed by atoms with van der Waals surface area (Å²) in [5.41, 5.74) is 4.29. The number of hydrogen-bond acceptors (Lipinski definition) is 3. The fourth-order valence-electron chi connectivity index (χ4n) is 0.765. The minimum absolute atomic E-state index is 0.453. The summed E-state index contributed by atoms with van der Waals surface area (Å²) >= 11 is 9.02. The molecule has 0 unspecified atom stereocenters. The van der Waals surface area contributed by atoms with Gasteiger partial charge in [-0.05, 0) is 28.9 Å². The third-order valence-electron chi connectivity index (χ3n) is 1.34. The molecule has 0 spiro atoms. The Morgan fingerprint density at radius 3 is 2.92 bits per heavy atom. The van der Waals surface area contributed by atoms with Gasteiger partial charge in [0.1, 0.15) is 5.15 Å². The van der Waals surface area contributed by atoms with Gasteiger partial charge >= 0.3 is 0 Å². The van der Waals surface area contributed by atoms with E-state index < -0.39 is 0 Å². The van der Waals surface area contributed by atoms with Gasteiger partial charge in [-0.1, -0.05) is 11.6 Å². The summed E-state index contributed by atoms with van der Waals surface area (Å²) in [4.78, 5) is 8.82. The zero-order valence-corrected chi connectivity index (χ0v) is 9.03. The lowest BCUT2D eigenvalue weighted by Crippen LogP contribution is -1.99. The predicted octanol–water partition coefficient (Wildman–Crippen LogP) is 2.78. The summed E-state index contributed by atoms with van der Waals surface area (Å²) in [6.45, 7) is 1.85. The van der Waals surface area contributed by atoms with Crippen LogP contribution in [0, 0.1) is 6.92 Å². The lowest BCUT2D eigenvalue weighted by molar-refractivity contribution is 0.270. The third-order valence-corrected chi connectivity index (χ3v) is 2.46. The van der Waals surface area contributed by atoms with Crippen LogP contribution < -0.4 is 5.48 Å². The number of aryl methyl sites for hydroxylation is 1. The first-order valence-electron chi connectivity index (χ1n) is 3.26. The third kappa shape index (κ3) is 2.09. The van der Waals surface area contributed by atoms with Crippen LogP contribution in [0.4, 0.5) is 5.69 Å². The molecule has 0 bridgehead atoms. The van der Waals surface area contributed by atoms with Crippen molar-refractivity contribution in [3.8, 4) is 0 Å². The van der Waals surface area contributed by atoms with E-state index in [1.807, 2.05) is 13.0 Å². The van der Waals surface area contributed by atoms with Crippen molar-refractivity contribution in [1.82, 2.24) is 4.98 Å². The van der Waals surface area contributed by atoms with E-state index in [0.717, 1.165) is 15.9 Å². The highest BCUT2D eigenvalue weighted by Crippen LogP contribution is 2.25. The average molecular weight is 252 g/mol. The van der Waals surface area contributed by atoms with Crippen molar-refractivity contribution in [2.24, 2.45) is 0 Å². The molecule has 1 aromatic heterocycles. The van der Waals surface area contributed by atoms with E-state index >= 15 is 0 Å². The molecule has 0 aliphatic carbocycles. The SMILES string of the molecule is CONc1cc(Br)c(Cl)nc1C. The van der Waals surface area contributed by atoms with E-state index in [-0.39, 0.29) is 0 Å². The maximum Gasteiger partial charge on any atom is 0.143 e. The molecule has 0 saturated carbocycles. The van der Waals surface area contributed by atoms with Crippen LogP contribution in [0.3, 0.4) is 0 Å². The van der Waals surface area contributed by atoms with Gasteiger partial charge in [-0.15, -0.1) is 0 Å². The van der Waals surface area contributed by atoms with Crippen LogP contribution in [-0.2, 0) is 4.84 Å². The van der Waals surface area contributed by atoms with E-state index in [4.69, 9.17) is 16.4 Å². The first-order valence-corrected chi connectivity index (χ1v) is 4.44. The predicted molar refractivity (Wildman–Crippen MR) is 52.3 cm³/mol. The molecule has 0 saturated heterocycles. The fraction of sp³-hybridized carbons (Fsp3) is 0.286. The number of pyridine rings is 1. The maximum absolute atomic E-state index is 5.76. The topological polar surface area (TPSA) is 34.1 Å². The largest absolute Gasteiger partial charge is 0.279 e. The second-order valence-electron chi connectivity index (χ2n) is 2.20. The van der Waals surface area contributed by atoms with Crippen molar-refractivity contribution < 1.29 is 4.84 Å². The molecule has 0 amide bonds. The van der Waals surface area contributed by atoms with Gasteiger partial charge in [-0.3, -0.25) is 10.3 Å². The summed E-state index contributed by atoms with van der Waals surface area (Å²) < 4.78 is 0.745. The van der Waals surface area contributed by atoms with E-state index in [2.05, 4.69) is 26.4 Å². The molecule has 1 rings (SSSR count). The molecule has 0 aliphatic rings. The van der Waals surface area contributed by atoms with Gasteiger partial charge in [0.05, 0.1) is 23.0 Å². The second-order valence-corrected chi connectivity index (χ2v) is 3.41. The summed E-state index contributed by atoms with van der Waals surface area (Å²) in [5.74, 6) is 0. The van der Waals surface area contributed by atoms with Gasteiger partial charge in [0.25, 0.3) is 0 Å². The lowest BCUT2D eigenvalue weighted by atomic mass is 10.3. The highest BCUT2D eigenvalue weighted by molar-refractivity contribution is 9.10. The zero-order valence-electron chi connectivity index (χ0n) is 6.69. The first-order chi connectivity index (χ1) is 5.65. The molecule has 0 aliphatic heterocycles. The summed E-state index contributed by atoms with van der Waals surface area (Å²) in [6.07, 6.45) is 0. The Labute approximate surface area is 84.2 Å². The van der Waals surface area contributed by atoms with Crippen LogP contribution in [0.2, 0.25) is 5.15 Å². The monoisotopic (exact) mass is 250 g/mol. The molecule has 1 aromatic rings. The zero-order chi connectivity index (χ0) is 9.14. The van der Waals surface area contributed by atoms with Crippen molar-refractivity contribution in [3.63, 3.8) is 0 Å². The molecule has 1 heterocycles. The molecule has 66 valence electrons. The Bertz CT molecular complexity index is 293. The molecule has 0 radical (unpaired) electrons. The summed E-state index contributed by atoms with van der Waals surface area (Å²) in [6, 6.07) is 1.81. The first kappa shape index (κ1) is 9.77. The standard InChI is InChI=1S/C7H8BrClN2O/c1-4-6(11-12-2)3-5(8)7(9)10-4/h3,11H,1-2H3. The van der Waals surface area contributed by atoms with Crippen LogP contribution in [0.25, 0.3) is 0 Å². The highest BCUT2D eigenvalue weighted by Gasteiger charge is 2.04. The molecule has 12 heavy (non-hydrogen) atoms. The number of anilines is 1. The van der Waals surface area contributed by atoms with Crippen molar-refractivity contribution in [1.29, 1.82) is 0 Å². The fourth-order valence-corrected chi connectivity index (χ4v) is 1.26. The van der Waals surface area contributed by atoms with Crippen LogP contribution in [0.1, 0.15) is 5.69 Å². The Hall–Kier alpha value is -0.320. The summed E-state index contributed by atoms with van der Waals surface area (Å²) in [7, 11) is 1.54. The van der Waals surface area contributed by atoms with Gasteiger partial charge in [0.2, 0.25) is 0 Å². The Morgan fingerprint density at radius 2 is 2.33 bits per heavy atom. The molecule has 1 N–H and O–H groups in total. The number of hydrogen-bond donors (Lipinski definition) is 1. The number of rotatable bonds is 2. The van der Waals surface area contributed by atoms with Gasteiger partial charge in [0, 0.05) is 0 Å². The van der Waals surface area contributed by atoms with E-state index in [9.17, 15) is 0 Å². The van der Waals surface area contributed by atoms with Crippen LogP contribution in [0.15, 0.2) is 10.5 Å². The van der Waals surface area contributed by atoms with Gasteiger partial charge in [0.15, 0.2) is 0 Å². The van der Waals surface area contributed by atoms with Crippen LogP contribution in [0.5, 0.6) is 0 Å². The molecule has 3 nitrogen and oxygen atoms in total. The second kappa shape index (κ2) is 4.07. The molecule has 5 heteroatoms. The number of nitrogens with one attached hydrogen (secondary N) is 1. The lowest BCUT2D eigenvalue weighted by Gasteiger charge is -2.07. The van der Waals surface area contributed by atoms with E-state index in [0.29, 0.717) is 5.15 Å². The van der Waals surface area contributed by atoms with Crippen molar-refractivity contribution in [2.75, 3.05) is 12.6 Å². The number of halogens is 2. The quantitative estimate of drug-likeness (QED) is 0.648. The maximum atomic E-state index is 5.76. The Balaban J connectivity index is 3.05. The smallest absolute Gasteiger partial charge is 0.143 e. The Kier molecular flexibility index (Phi) is 3.31. The van der Waals surface area contributed by atoms with Crippen molar-refractivity contribution in [3.05, 3.63) is 21.4 Å². The van der Waals surface area contributed by atoms with Crippen LogP contribution >= 0.6 is 27.5 Å². The van der Waals surface area contributed by atoms with Gasteiger partial charge in [-0.2, -0.15) is 0 Å². The molecule has 0 aromatic carbocycles. The average Bonchev–Trinajstić information content (AvgIpc) is 2.01. The number of aromatic nitrogens is 1. The molecular formula is C7H8BrClN2O. The summed E-state index contributed by atoms with van der Waals surface area (Å²) in [5, 5.41) is 0.453. The van der Waals surface area contributed by atoms with E-state index in [1.54, 1.807) is 7.11 Å². The molecular weight excluding hydrogens is 243 g/mol. The molecule has 0 fully saturated rings. The minimum Gasteiger partial charge on any atom is -0.279 e. The van der Waals surface area contributed by atoms with Crippen molar-refractivity contribution in [2.45, 2.75) is 6.92 Å². The number of nitrogens with zero attached hydrogens (tertiary/aromatic N) is 1.